The second kappa shape index (κ2) is 7.50. The first-order chi connectivity index (χ1) is 12.4. The molecule has 0 aromatic heterocycles. The molecular weight excluding hydrogens is 348 g/mol. The Morgan fingerprint density at radius 3 is 2.42 bits per heavy atom. The van der Waals surface area contributed by atoms with Crippen LogP contribution in [0, 0.1) is 0 Å². The molecule has 0 saturated carbocycles. The molecule has 0 bridgehead atoms. The number of hydrogen-bond donors (Lipinski definition) is 1. The zero-order valence-electron chi connectivity index (χ0n) is 15.2. The Morgan fingerprint density at radius 1 is 1.04 bits per heavy atom. The lowest BCUT2D eigenvalue weighted by molar-refractivity contribution is -0.118. The Morgan fingerprint density at radius 2 is 1.77 bits per heavy atom. The van der Waals surface area contributed by atoms with Gasteiger partial charge in [0.25, 0.3) is 10.0 Å². The molecule has 2 aromatic rings. The molecule has 0 spiro atoms. The van der Waals surface area contributed by atoms with Crippen LogP contribution < -0.4 is 9.62 Å². The monoisotopic (exact) mass is 372 g/mol. The normalized spacial score (nSPS) is 14.2. The number of carbonyl (C=O) groups is 1. The highest BCUT2D eigenvalue weighted by molar-refractivity contribution is 7.92. The van der Waals surface area contributed by atoms with Crippen molar-refractivity contribution in [2.45, 2.75) is 44.4 Å². The first kappa shape index (κ1) is 18.5. The number of nitrogens with zero attached hydrogens (tertiary/aromatic N) is 1. The van der Waals surface area contributed by atoms with E-state index >= 15 is 0 Å². The zero-order chi connectivity index (χ0) is 18.7. The molecule has 1 heterocycles. The standard InChI is InChI=1S/C20H24N2O3S/c1-3-13-22-19-11-8-17(14-16(19)7-12-20(22)23)21-26(24,25)18-9-5-15(4-2)6-10-18/h5-6,8-11,14,21H,3-4,7,12-13H2,1-2H3. The number of sulfonamides is 1. The molecule has 138 valence electrons. The van der Waals surface area contributed by atoms with E-state index in [1.54, 1.807) is 23.1 Å². The van der Waals surface area contributed by atoms with Crippen molar-refractivity contribution in [1.82, 2.24) is 0 Å². The summed E-state index contributed by atoms with van der Waals surface area (Å²) in [6.07, 6.45) is 2.84. The smallest absolute Gasteiger partial charge is 0.261 e. The van der Waals surface area contributed by atoms with Crippen LogP contribution in [0.4, 0.5) is 11.4 Å². The molecule has 0 unspecified atom stereocenters. The zero-order valence-corrected chi connectivity index (χ0v) is 16.0. The maximum Gasteiger partial charge on any atom is 0.261 e. The number of benzene rings is 2. The van der Waals surface area contributed by atoms with Gasteiger partial charge in [0.15, 0.2) is 0 Å². The van der Waals surface area contributed by atoms with Crippen molar-refractivity contribution in [1.29, 1.82) is 0 Å². The summed E-state index contributed by atoms with van der Waals surface area (Å²) in [5.41, 5.74) is 3.51. The van der Waals surface area contributed by atoms with E-state index in [-0.39, 0.29) is 10.8 Å². The minimum Gasteiger partial charge on any atom is -0.312 e. The van der Waals surface area contributed by atoms with Crippen LogP contribution in [0.25, 0.3) is 0 Å². The summed E-state index contributed by atoms with van der Waals surface area (Å²) < 4.78 is 27.9. The van der Waals surface area contributed by atoms with Gasteiger partial charge in [0.2, 0.25) is 5.91 Å². The molecule has 6 heteroatoms. The third kappa shape index (κ3) is 3.75. The van der Waals surface area contributed by atoms with Gasteiger partial charge in [0.05, 0.1) is 4.90 Å². The number of amides is 1. The van der Waals surface area contributed by atoms with E-state index in [1.807, 2.05) is 38.1 Å². The SMILES string of the molecule is CCCN1C(=O)CCc2cc(NS(=O)(=O)c3ccc(CC)cc3)ccc21. The van der Waals surface area contributed by atoms with Gasteiger partial charge >= 0.3 is 0 Å². The minimum absolute atomic E-state index is 0.128. The largest absolute Gasteiger partial charge is 0.312 e. The molecule has 1 N–H and O–H groups in total. The van der Waals surface area contributed by atoms with Crippen LogP contribution in [0.3, 0.4) is 0 Å². The van der Waals surface area contributed by atoms with E-state index < -0.39 is 10.0 Å². The van der Waals surface area contributed by atoms with Crippen molar-refractivity contribution >= 4 is 27.3 Å². The highest BCUT2D eigenvalue weighted by Crippen LogP contribution is 2.31. The number of rotatable bonds is 6. The van der Waals surface area contributed by atoms with Crippen molar-refractivity contribution in [3.63, 3.8) is 0 Å². The Kier molecular flexibility index (Phi) is 5.32. The number of nitrogens with one attached hydrogen (secondary N) is 1. The Balaban J connectivity index is 1.85. The van der Waals surface area contributed by atoms with Gasteiger partial charge in [0.1, 0.15) is 0 Å². The molecule has 1 aliphatic rings. The minimum atomic E-state index is -3.63. The van der Waals surface area contributed by atoms with E-state index in [4.69, 9.17) is 0 Å². The van der Waals surface area contributed by atoms with E-state index in [0.29, 0.717) is 25.1 Å². The van der Waals surface area contributed by atoms with E-state index in [1.165, 1.54) is 0 Å². The van der Waals surface area contributed by atoms with Gasteiger partial charge in [-0.3, -0.25) is 9.52 Å². The number of hydrogen-bond acceptors (Lipinski definition) is 3. The topological polar surface area (TPSA) is 66.5 Å². The first-order valence-electron chi connectivity index (χ1n) is 8.99. The second-order valence-electron chi connectivity index (χ2n) is 6.49. The third-order valence-corrected chi connectivity index (χ3v) is 6.02. The van der Waals surface area contributed by atoms with Crippen molar-refractivity contribution in [2.75, 3.05) is 16.2 Å². The molecule has 2 aromatic carbocycles. The van der Waals surface area contributed by atoms with Crippen molar-refractivity contribution in [3.05, 3.63) is 53.6 Å². The van der Waals surface area contributed by atoms with Gasteiger partial charge in [0, 0.05) is 24.3 Å². The Hall–Kier alpha value is -2.34. The molecule has 1 aliphatic heterocycles. The molecule has 0 radical (unpaired) electrons. The van der Waals surface area contributed by atoms with E-state index in [2.05, 4.69) is 4.72 Å². The molecule has 0 aliphatic carbocycles. The van der Waals surface area contributed by atoms with E-state index in [9.17, 15) is 13.2 Å². The fourth-order valence-electron chi connectivity index (χ4n) is 3.21. The predicted molar refractivity (Wildman–Crippen MR) is 104 cm³/mol. The molecule has 0 atom stereocenters. The van der Waals surface area contributed by atoms with Gasteiger partial charge in [-0.05, 0) is 60.7 Å². The van der Waals surface area contributed by atoms with Crippen LogP contribution >= 0.6 is 0 Å². The third-order valence-electron chi connectivity index (χ3n) is 4.62. The number of anilines is 2. The molecule has 0 saturated heterocycles. The lowest BCUT2D eigenvalue weighted by Crippen LogP contribution is -2.35. The summed E-state index contributed by atoms with van der Waals surface area (Å²) in [6, 6.07) is 12.3. The average molecular weight is 372 g/mol. The van der Waals surface area contributed by atoms with Crippen molar-refractivity contribution < 1.29 is 13.2 Å². The van der Waals surface area contributed by atoms with Crippen molar-refractivity contribution in [2.24, 2.45) is 0 Å². The van der Waals surface area contributed by atoms with Crippen LogP contribution in [0.1, 0.15) is 37.8 Å². The fourth-order valence-corrected chi connectivity index (χ4v) is 4.26. The van der Waals surface area contributed by atoms with Gasteiger partial charge in [-0.2, -0.15) is 0 Å². The van der Waals surface area contributed by atoms with Gasteiger partial charge < -0.3 is 4.90 Å². The summed E-state index contributed by atoms with van der Waals surface area (Å²) in [5, 5.41) is 0. The number of aryl methyl sites for hydroxylation is 2. The Bertz CT molecular complexity index is 905. The van der Waals surface area contributed by atoms with Crippen LogP contribution in [-0.2, 0) is 27.7 Å². The number of carbonyl (C=O) groups excluding carboxylic acids is 1. The number of fused-ring (bicyclic) bond motifs is 1. The summed E-state index contributed by atoms with van der Waals surface area (Å²) in [7, 11) is -3.63. The van der Waals surface area contributed by atoms with Crippen LogP contribution in [-0.4, -0.2) is 20.9 Å². The lowest BCUT2D eigenvalue weighted by Gasteiger charge is -2.29. The summed E-state index contributed by atoms with van der Waals surface area (Å²) in [5.74, 6) is 0.128. The molecule has 3 rings (SSSR count). The highest BCUT2D eigenvalue weighted by atomic mass is 32.2. The molecule has 1 amide bonds. The highest BCUT2D eigenvalue weighted by Gasteiger charge is 2.24. The average Bonchev–Trinajstić information content (AvgIpc) is 2.64. The van der Waals surface area contributed by atoms with E-state index in [0.717, 1.165) is 29.7 Å². The maximum absolute atomic E-state index is 12.6. The fraction of sp³-hybridized carbons (Fsp3) is 0.350. The predicted octanol–water partition coefficient (Wildman–Crippen LogP) is 3.74. The first-order valence-corrected chi connectivity index (χ1v) is 10.5. The summed E-state index contributed by atoms with van der Waals surface area (Å²) >= 11 is 0. The molecule has 26 heavy (non-hydrogen) atoms. The van der Waals surface area contributed by atoms with Crippen molar-refractivity contribution in [3.8, 4) is 0 Å². The second-order valence-corrected chi connectivity index (χ2v) is 8.17. The Labute approximate surface area is 155 Å². The summed E-state index contributed by atoms with van der Waals surface area (Å²) in [4.78, 5) is 14.2. The van der Waals surface area contributed by atoms with Gasteiger partial charge in [-0.1, -0.05) is 26.0 Å². The van der Waals surface area contributed by atoms with Crippen LogP contribution in [0.15, 0.2) is 47.4 Å². The van der Waals surface area contributed by atoms with Crippen LogP contribution in [0.5, 0.6) is 0 Å². The summed E-state index contributed by atoms with van der Waals surface area (Å²) in [6.45, 7) is 4.75. The molecule has 5 nitrogen and oxygen atoms in total. The van der Waals surface area contributed by atoms with Gasteiger partial charge in [-0.25, -0.2) is 8.42 Å². The van der Waals surface area contributed by atoms with Gasteiger partial charge in [-0.15, -0.1) is 0 Å². The lowest BCUT2D eigenvalue weighted by atomic mass is 10.0. The maximum atomic E-state index is 12.6. The molecule has 0 fully saturated rings. The molecular formula is C20H24N2O3S. The van der Waals surface area contributed by atoms with Crippen LogP contribution in [0.2, 0.25) is 0 Å². The quantitative estimate of drug-likeness (QED) is 0.840.